The maximum absolute atomic E-state index is 12.2. The van der Waals surface area contributed by atoms with Crippen molar-refractivity contribution < 1.29 is 14.7 Å². The van der Waals surface area contributed by atoms with Crippen LogP contribution in [0.4, 0.5) is 0 Å². The number of carboxylic acid groups (broad SMARTS) is 1. The van der Waals surface area contributed by atoms with Crippen LogP contribution in [0, 0.1) is 0 Å². The van der Waals surface area contributed by atoms with E-state index in [0.29, 0.717) is 0 Å². The lowest BCUT2D eigenvalue weighted by Gasteiger charge is -2.29. The van der Waals surface area contributed by atoms with E-state index in [1.165, 1.54) is 0 Å². The topological polar surface area (TPSA) is 69.6 Å². The van der Waals surface area contributed by atoms with Gasteiger partial charge in [-0.25, -0.2) is 0 Å². The number of carboxylic acids is 1. The van der Waals surface area contributed by atoms with Gasteiger partial charge in [0.2, 0.25) is 5.91 Å². The summed E-state index contributed by atoms with van der Waals surface area (Å²) in [4.78, 5) is 24.4. The van der Waals surface area contributed by atoms with E-state index in [1.54, 1.807) is 4.90 Å². The van der Waals surface area contributed by atoms with E-state index in [-0.39, 0.29) is 24.9 Å². The molecule has 1 aliphatic rings. The van der Waals surface area contributed by atoms with E-state index in [1.807, 2.05) is 20.8 Å². The van der Waals surface area contributed by atoms with Crippen molar-refractivity contribution in [3.8, 4) is 0 Å². The van der Waals surface area contributed by atoms with Gasteiger partial charge in [0.25, 0.3) is 0 Å². The molecule has 1 fully saturated rings. The van der Waals surface area contributed by atoms with Gasteiger partial charge < -0.3 is 15.3 Å². The fourth-order valence-electron chi connectivity index (χ4n) is 1.69. The second-order valence-corrected chi connectivity index (χ2v) is 4.57. The molecule has 0 unspecified atom stereocenters. The lowest BCUT2D eigenvalue weighted by atomic mass is 10.0. The normalized spacial score (nSPS) is 14.5. The van der Waals surface area contributed by atoms with Crippen LogP contribution in [-0.2, 0) is 9.59 Å². The van der Waals surface area contributed by atoms with Crippen LogP contribution >= 0.6 is 0 Å². The standard InChI is InChI=1S/C12H20N2O3/c1-8(2)14(5-4-11(15)16)12(17)9(3)10-6-13-7-10/h8,13H,4-7H2,1-3H3,(H,15,16). The number of hydrogen-bond acceptors (Lipinski definition) is 3. The van der Waals surface area contributed by atoms with E-state index in [2.05, 4.69) is 5.32 Å². The quantitative estimate of drug-likeness (QED) is 0.691. The summed E-state index contributed by atoms with van der Waals surface area (Å²) in [5.41, 5.74) is 1.87. The number of amides is 1. The molecule has 96 valence electrons. The van der Waals surface area contributed by atoms with E-state index >= 15 is 0 Å². The largest absolute Gasteiger partial charge is 0.481 e. The molecule has 5 heteroatoms. The highest BCUT2D eigenvalue weighted by atomic mass is 16.4. The molecule has 1 rings (SSSR count). The third-order valence-electron chi connectivity index (χ3n) is 2.98. The summed E-state index contributed by atoms with van der Waals surface area (Å²) in [6.45, 7) is 7.41. The number of carbonyl (C=O) groups is 2. The third kappa shape index (κ3) is 3.56. The molecule has 5 nitrogen and oxygen atoms in total. The molecule has 1 heterocycles. The molecule has 17 heavy (non-hydrogen) atoms. The van der Waals surface area contributed by atoms with Crippen molar-refractivity contribution in [2.75, 3.05) is 19.6 Å². The molecular formula is C12H20N2O3. The molecule has 0 aromatic carbocycles. The summed E-state index contributed by atoms with van der Waals surface area (Å²) >= 11 is 0. The zero-order valence-electron chi connectivity index (χ0n) is 10.6. The van der Waals surface area contributed by atoms with Gasteiger partial charge in [-0.05, 0) is 26.3 Å². The maximum atomic E-state index is 12.2. The fourth-order valence-corrected chi connectivity index (χ4v) is 1.69. The van der Waals surface area contributed by atoms with Crippen molar-refractivity contribution in [2.45, 2.75) is 33.2 Å². The number of hydrogen-bond donors (Lipinski definition) is 2. The van der Waals surface area contributed by atoms with Crippen LogP contribution in [0.1, 0.15) is 27.2 Å². The average molecular weight is 240 g/mol. The van der Waals surface area contributed by atoms with Crippen molar-refractivity contribution in [1.82, 2.24) is 10.2 Å². The molecule has 0 bridgehead atoms. The zero-order chi connectivity index (χ0) is 13.0. The monoisotopic (exact) mass is 240 g/mol. The van der Waals surface area contributed by atoms with Crippen LogP contribution in [0.2, 0.25) is 0 Å². The minimum atomic E-state index is -0.876. The smallest absolute Gasteiger partial charge is 0.305 e. The Balaban J connectivity index is 2.69. The predicted molar refractivity (Wildman–Crippen MR) is 64.7 cm³/mol. The molecule has 0 aromatic heterocycles. The molecule has 1 amide bonds. The first-order chi connectivity index (χ1) is 7.93. The van der Waals surface area contributed by atoms with E-state index in [4.69, 9.17) is 5.11 Å². The molecule has 0 aliphatic carbocycles. The van der Waals surface area contributed by atoms with Crippen molar-refractivity contribution in [2.24, 2.45) is 0 Å². The maximum Gasteiger partial charge on any atom is 0.305 e. The summed E-state index contributed by atoms with van der Waals surface area (Å²) in [5, 5.41) is 11.8. The summed E-state index contributed by atoms with van der Waals surface area (Å²) < 4.78 is 0. The summed E-state index contributed by atoms with van der Waals surface area (Å²) in [7, 11) is 0. The first-order valence-electron chi connectivity index (χ1n) is 5.85. The molecule has 0 radical (unpaired) electrons. The SMILES string of the molecule is CC(C(=O)N(CCC(=O)O)C(C)C)=C1CNC1. The Morgan fingerprint density at radius 1 is 1.41 bits per heavy atom. The van der Waals surface area contributed by atoms with Crippen LogP contribution in [0.5, 0.6) is 0 Å². The molecule has 1 aliphatic heterocycles. The minimum Gasteiger partial charge on any atom is -0.481 e. The van der Waals surface area contributed by atoms with Crippen LogP contribution < -0.4 is 5.32 Å². The van der Waals surface area contributed by atoms with Crippen LogP contribution in [0.25, 0.3) is 0 Å². The van der Waals surface area contributed by atoms with Gasteiger partial charge in [0.1, 0.15) is 0 Å². The number of nitrogens with one attached hydrogen (secondary N) is 1. The molecule has 0 saturated carbocycles. The van der Waals surface area contributed by atoms with Crippen LogP contribution in [-0.4, -0.2) is 47.6 Å². The van der Waals surface area contributed by atoms with Crippen LogP contribution in [0.3, 0.4) is 0 Å². The van der Waals surface area contributed by atoms with Gasteiger partial charge in [-0.2, -0.15) is 0 Å². The number of rotatable bonds is 5. The Morgan fingerprint density at radius 3 is 2.35 bits per heavy atom. The van der Waals surface area contributed by atoms with E-state index in [0.717, 1.165) is 24.2 Å². The van der Waals surface area contributed by atoms with Gasteiger partial charge in [0, 0.05) is 31.2 Å². The lowest BCUT2D eigenvalue weighted by molar-refractivity contribution is -0.138. The van der Waals surface area contributed by atoms with Crippen LogP contribution in [0.15, 0.2) is 11.1 Å². The molecular weight excluding hydrogens is 220 g/mol. The highest BCUT2D eigenvalue weighted by Crippen LogP contribution is 2.14. The zero-order valence-corrected chi connectivity index (χ0v) is 10.6. The fraction of sp³-hybridized carbons (Fsp3) is 0.667. The molecule has 2 N–H and O–H groups in total. The van der Waals surface area contributed by atoms with Crippen molar-refractivity contribution in [1.29, 1.82) is 0 Å². The van der Waals surface area contributed by atoms with Gasteiger partial charge in [0.15, 0.2) is 0 Å². The summed E-state index contributed by atoms with van der Waals surface area (Å²) in [6.07, 6.45) is -0.00914. The first-order valence-corrected chi connectivity index (χ1v) is 5.85. The Morgan fingerprint density at radius 2 is 2.00 bits per heavy atom. The van der Waals surface area contributed by atoms with E-state index in [9.17, 15) is 9.59 Å². The van der Waals surface area contributed by atoms with Gasteiger partial charge in [0.05, 0.1) is 6.42 Å². The molecule has 0 spiro atoms. The summed E-state index contributed by atoms with van der Waals surface area (Å²) in [6, 6.07) is 0.0189. The highest BCUT2D eigenvalue weighted by molar-refractivity contribution is 5.94. The Bertz CT molecular complexity index is 342. The Kier molecular flexibility index (Phi) is 4.69. The van der Waals surface area contributed by atoms with Gasteiger partial charge in [-0.3, -0.25) is 9.59 Å². The van der Waals surface area contributed by atoms with Crippen molar-refractivity contribution >= 4 is 11.9 Å². The van der Waals surface area contributed by atoms with Crippen molar-refractivity contribution in [3.63, 3.8) is 0 Å². The number of nitrogens with zero attached hydrogens (tertiary/aromatic N) is 1. The number of carbonyl (C=O) groups excluding carboxylic acids is 1. The minimum absolute atomic E-state index is 0.00914. The number of aliphatic carboxylic acids is 1. The third-order valence-corrected chi connectivity index (χ3v) is 2.98. The average Bonchev–Trinajstić information content (AvgIpc) is 2.13. The predicted octanol–water partition coefficient (Wildman–Crippen LogP) is 0.618. The highest BCUT2D eigenvalue weighted by Gasteiger charge is 2.23. The molecule has 0 atom stereocenters. The molecule has 0 aromatic rings. The Hall–Kier alpha value is -1.36. The lowest BCUT2D eigenvalue weighted by Crippen LogP contribution is -2.42. The van der Waals surface area contributed by atoms with Crippen molar-refractivity contribution in [3.05, 3.63) is 11.1 Å². The van der Waals surface area contributed by atoms with Gasteiger partial charge in [-0.1, -0.05) is 0 Å². The van der Waals surface area contributed by atoms with E-state index < -0.39 is 5.97 Å². The second kappa shape index (κ2) is 5.82. The Labute approximate surface area is 101 Å². The van der Waals surface area contributed by atoms with Gasteiger partial charge in [-0.15, -0.1) is 0 Å². The molecule has 1 saturated heterocycles. The second-order valence-electron chi connectivity index (χ2n) is 4.57. The first kappa shape index (κ1) is 13.7. The van der Waals surface area contributed by atoms with Gasteiger partial charge >= 0.3 is 5.97 Å². The summed E-state index contributed by atoms with van der Waals surface area (Å²) in [5.74, 6) is -0.920.